The molecule has 8 heteroatoms. The highest BCUT2D eigenvalue weighted by Crippen LogP contribution is 2.22. The fraction of sp³-hybridized carbons (Fsp3) is 0.455. The minimum absolute atomic E-state index is 0.0575. The lowest BCUT2D eigenvalue weighted by Crippen LogP contribution is -2.47. The first kappa shape index (κ1) is 22.7. The van der Waals surface area contributed by atoms with E-state index in [4.69, 9.17) is 16.3 Å². The van der Waals surface area contributed by atoms with Gasteiger partial charge in [0.1, 0.15) is 6.04 Å². The molecule has 1 atom stereocenters. The summed E-state index contributed by atoms with van der Waals surface area (Å²) in [6, 6.07) is 8.52. The zero-order valence-electron chi connectivity index (χ0n) is 17.5. The lowest BCUT2D eigenvalue weighted by Gasteiger charge is -2.20. The largest absolute Gasteiger partial charge is 0.376 e. The first-order valence-electron chi connectivity index (χ1n) is 10.1. The summed E-state index contributed by atoms with van der Waals surface area (Å²) in [4.78, 5) is 28.2. The van der Waals surface area contributed by atoms with Crippen molar-refractivity contribution in [3.8, 4) is 0 Å². The molecule has 3 rings (SSSR count). The summed E-state index contributed by atoms with van der Waals surface area (Å²) in [5.41, 5.74) is 3.30. The van der Waals surface area contributed by atoms with Crippen molar-refractivity contribution < 1.29 is 14.3 Å². The molecule has 1 unspecified atom stereocenters. The van der Waals surface area contributed by atoms with Crippen LogP contribution >= 0.6 is 22.9 Å². The van der Waals surface area contributed by atoms with Crippen LogP contribution in [0.2, 0.25) is 4.34 Å². The normalized spacial score (nSPS) is 15.4. The summed E-state index contributed by atoms with van der Waals surface area (Å²) in [5, 5.41) is 5.71. The smallest absolute Gasteiger partial charge is 0.262 e. The maximum atomic E-state index is 12.9. The Bertz CT molecular complexity index is 900. The van der Waals surface area contributed by atoms with Crippen molar-refractivity contribution in [3.63, 3.8) is 0 Å². The van der Waals surface area contributed by atoms with Crippen LogP contribution in [0.3, 0.4) is 0 Å². The van der Waals surface area contributed by atoms with E-state index in [-0.39, 0.29) is 24.5 Å². The average Bonchev–Trinajstić information content (AvgIpc) is 3.05. The van der Waals surface area contributed by atoms with E-state index in [9.17, 15) is 9.59 Å². The van der Waals surface area contributed by atoms with Gasteiger partial charge in [0.15, 0.2) is 0 Å². The Morgan fingerprint density at radius 3 is 2.57 bits per heavy atom. The van der Waals surface area contributed by atoms with Crippen LogP contribution in [-0.4, -0.2) is 55.6 Å². The van der Waals surface area contributed by atoms with Crippen LogP contribution in [0.15, 0.2) is 30.3 Å². The predicted octanol–water partition coefficient (Wildman–Crippen LogP) is 3.59. The number of nitrogens with one attached hydrogen (secondary N) is 2. The second-order valence-corrected chi connectivity index (χ2v) is 9.50. The number of likely N-dealkylation sites (N-methyl/N-ethyl adjacent to an activating group) is 1. The fourth-order valence-corrected chi connectivity index (χ4v) is 4.23. The van der Waals surface area contributed by atoms with Crippen molar-refractivity contribution >= 4 is 40.4 Å². The van der Waals surface area contributed by atoms with Gasteiger partial charge in [-0.15, -0.1) is 11.3 Å². The predicted molar refractivity (Wildman–Crippen MR) is 122 cm³/mol. The lowest BCUT2D eigenvalue weighted by atomic mass is 10.0. The van der Waals surface area contributed by atoms with Crippen LogP contribution in [0.5, 0.6) is 0 Å². The van der Waals surface area contributed by atoms with Gasteiger partial charge in [0.05, 0.1) is 21.9 Å². The second kappa shape index (κ2) is 10.4. The van der Waals surface area contributed by atoms with Gasteiger partial charge in [0, 0.05) is 18.8 Å². The number of rotatable bonds is 7. The maximum Gasteiger partial charge on any atom is 0.262 e. The van der Waals surface area contributed by atoms with Crippen LogP contribution in [-0.2, 0) is 22.4 Å². The van der Waals surface area contributed by atoms with Gasteiger partial charge in [-0.1, -0.05) is 17.7 Å². The minimum atomic E-state index is -0.814. The minimum Gasteiger partial charge on any atom is -0.376 e. The number of ether oxygens (including phenoxy) is 1. The number of anilines is 1. The van der Waals surface area contributed by atoms with Gasteiger partial charge in [-0.2, -0.15) is 0 Å². The molecule has 1 aromatic carbocycles. The van der Waals surface area contributed by atoms with Gasteiger partial charge in [0.25, 0.3) is 5.91 Å². The Morgan fingerprint density at radius 1 is 1.17 bits per heavy atom. The van der Waals surface area contributed by atoms with E-state index in [1.54, 1.807) is 12.1 Å². The van der Waals surface area contributed by atoms with E-state index in [0.29, 0.717) is 9.21 Å². The highest BCUT2D eigenvalue weighted by molar-refractivity contribution is 7.18. The number of halogens is 1. The zero-order chi connectivity index (χ0) is 21.7. The number of carbonyl (C=O) groups is 2. The van der Waals surface area contributed by atoms with E-state index in [0.717, 1.165) is 31.6 Å². The SMILES string of the molecule is CC(C)OCC(NC(=O)c1ccc(Cl)s1)C(=O)Nc1ccc2c(c1)CCN(C)CC2. The van der Waals surface area contributed by atoms with E-state index < -0.39 is 6.04 Å². The molecule has 0 aliphatic carbocycles. The first-order chi connectivity index (χ1) is 14.3. The second-order valence-electron chi connectivity index (χ2n) is 7.79. The molecule has 2 N–H and O–H groups in total. The summed E-state index contributed by atoms with van der Waals surface area (Å²) < 4.78 is 6.14. The fourth-order valence-electron chi connectivity index (χ4n) is 3.28. The standard InChI is InChI=1S/C22H28ClN3O3S/c1-14(2)29-13-18(25-22(28)19-6-7-20(23)30-19)21(27)24-17-5-4-15-8-10-26(3)11-9-16(15)12-17/h4-7,12,14,18H,8-11,13H2,1-3H3,(H,24,27)(H,25,28). The third-order valence-corrected chi connectivity index (χ3v) is 6.24. The highest BCUT2D eigenvalue weighted by Gasteiger charge is 2.23. The number of hydrogen-bond donors (Lipinski definition) is 2. The van der Waals surface area contributed by atoms with Gasteiger partial charge in [-0.25, -0.2) is 0 Å². The number of fused-ring (bicyclic) bond motifs is 1. The van der Waals surface area contributed by atoms with Crippen LogP contribution in [0, 0.1) is 0 Å². The molecule has 162 valence electrons. The zero-order valence-corrected chi connectivity index (χ0v) is 19.1. The summed E-state index contributed by atoms with van der Waals surface area (Å²) in [6.45, 7) is 5.89. The number of nitrogens with zero attached hydrogens (tertiary/aromatic N) is 1. The molecule has 6 nitrogen and oxygen atoms in total. The summed E-state index contributed by atoms with van der Waals surface area (Å²) in [7, 11) is 2.12. The van der Waals surface area contributed by atoms with Crippen molar-refractivity contribution in [3.05, 3.63) is 50.7 Å². The Kier molecular flexibility index (Phi) is 7.88. The van der Waals surface area contributed by atoms with Gasteiger partial charge in [0.2, 0.25) is 5.91 Å². The topological polar surface area (TPSA) is 70.7 Å². The summed E-state index contributed by atoms with van der Waals surface area (Å²) >= 11 is 7.10. The highest BCUT2D eigenvalue weighted by atomic mass is 35.5. The quantitative estimate of drug-likeness (QED) is 0.677. The first-order valence-corrected chi connectivity index (χ1v) is 11.3. The molecule has 0 spiro atoms. The number of hydrogen-bond acceptors (Lipinski definition) is 5. The number of benzene rings is 1. The molecule has 0 bridgehead atoms. The van der Waals surface area contributed by atoms with Crippen LogP contribution in [0.25, 0.3) is 0 Å². The lowest BCUT2D eigenvalue weighted by molar-refractivity contribution is -0.119. The Labute approximate surface area is 186 Å². The monoisotopic (exact) mass is 449 g/mol. The van der Waals surface area contributed by atoms with E-state index in [1.807, 2.05) is 26.0 Å². The van der Waals surface area contributed by atoms with Crippen molar-refractivity contribution in [2.24, 2.45) is 0 Å². The number of carbonyl (C=O) groups excluding carboxylic acids is 2. The maximum absolute atomic E-state index is 12.9. The molecule has 0 radical (unpaired) electrons. The van der Waals surface area contributed by atoms with Gasteiger partial charge in [-0.05, 0) is 69.1 Å². The van der Waals surface area contributed by atoms with E-state index >= 15 is 0 Å². The molecule has 1 aliphatic heterocycles. The van der Waals surface area contributed by atoms with Gasteiger partial charge < -0.3 is 20.3 Å². The molecule has 2 aromatic rings. The molecule has 2 heterocycles. The number of thiophene rings is 1. The molecule has 1 aromatic heterocycles. The third kappa shape index (κ3) is 6.28. The van der Waals surface area contributed by atoms with E-state index in [1.165, 1.54) is 22.5 Å². The Morgan fingerprint density at radius 2 is 1.90 bits per heavy atom. The molecular weight excluding hydrogens is 422 g/mol. The summed E-state index contributed by atoms with van der Waals surface area (Å²) in [6.07, 6.45) is 1.90. The third-order valence-electron chi connectivity index (χ3n) is 5.01. The molecule has 30 heavy (non-hydrogen) atoms. The van der Waals surface area contributed by atoms with Crippen LogP contribution in [0.4, 0.5) is 5.69 Å². The number of amides is 2. The van der Waals surface area contributed by atoms with Crippen LogP contribution in [0.1, 0.15) is 34.6 Å². The average molecular weight is 450 g/mol. The van der Waals surface area contributed by atoms with Gasteiger partial charge >= 0.3 is 0 Å². The van der Waals surface area contributed by atoms with Crippen molar-refractivity contribution in [2.45, 2.75) is 38.8 Å². The van der Waals surface area contributed by atoms with Crippen molar-refractivity contribution in [1.29, 1.82) is 0 Å². The summed E-state index contributed by atoms with van der Waals surface area (Å²) in [5.74, 6) is -0.651. The Hall–Kier alpha value is -1.93. The molecular formula is C22H28ClN3O3S. The molecule has 0 saturated heterocycles. The Balaban J connectivity index is 1.70. The van der Waals surface area contributed by atoms with Crippen LogP contribution < -0.4 is 10.6 Å². The molecule has 2 amide bonds. The van der Waals surface area contributed by atoms with Crippen molar-refractivity contribution in [1.82, 2.24) is 10.2 Å². The molecule has 1 aliphatic rings. The van der Waals surface area contributed by atoms with Crippen molar-refractivity contribution in [2.75, 3.05) is 32.1 Å². The van der Waals surface area contributed by atoms with E-state index in [2.05, 4.69) is 28.6 Å². The molecule has 0 fully saturated rings. The molecule has 0 saturated carbocycles. The van der Waals surface area contributed by atoms with Gasteiger partial charge in [-0.3, -0.25) is 9.59 Å².